The lowest BCUT2D eigenvalue weighted by molar-refractivity contribution is -0.128. The molecule has 0 bridgehead atoms. The Bertz CT molecular complexity index is 1020. The molecule has 1 aliphatic heterocycles. The summed E-state index contributed by atoms with van der Waals surface area (Å²) in [6, 6.07) is 16.7. The molecule has 4 rings (SSSR count). The summed E-state index contributed by atoms with van der Waals surface area (Å²) in [4.78, 5) is 30.9. The highest BCUT2D eigenvalue weighted by atomic mass is 35.5. The fraction of sp³-hybridized carbons (Fsp3) is 0.190. The zero-order valence-electron chi connectivity index (χ0n) is 14.6. The zero-order valence-corrected chi connectivity index (χ0v) is 15.3. The molecule has 6 heteroatoms. The second kappa shape index (κ2) is 7.37. The normalized spacial score (nSPS) is 16.7. The Morgan fingerprint density at radius 3 is 2.81 bits per heavy atom. The fourth-order valence-corrected chi connectivity index (χ4v) is 3.51. The number of carbonyl (C=O) groups excluding carboxylic acids is 2. The van der Waals surface area contributed by atoms with Crippen molar-refractivity contribution >= 4 is 34.3 Å². The minimum atomic E-state index is -0.223. The molecule has 2 amide bonds. The number of para-hydroxylation sites is 1. The van der Waals surface area contributed by atoms with Gasteiger partial charge in [0.05, 0.1) is 17.1 Å². The van der Waals surface area contributed by atoms with Crippen LogP contribution in [0.2, 0.25) is 5.02 Å². The van der Waals surface area contributed by atoms with E-state index in [1.165, 1.54) is 0 Å². The number of hydrogen-bond acceptors (Lipinski definition) is 3. The number of likely N-dealkylation sites (tertiary alicyclic amines) is 1. The highest BCUT2D eigenvalue weighted by Crippen LogP contribution is 2.21. The monoisotopic (exact) mass is 379 g/mol. The predicted octanol–water partition coefficient (Wildman–Crippen LogP) is 3.42. The Morgan fingerprint density at radius 1 is 1.19 bits per heavy atom. The Balaban J connectivity index is 1.43. The van der Waals surface area contributed by atoms with Crippen molar-refractivity contribution in [2.45, 2.75) is 19.0 Å². The molecular weight excluding hydrogens is 362 g/mol. The van der Waals surface area contributed by atoms with Gasteiger partial charge in [-0.05, 0) is 23.8 Å². The van der Waals surface area contributed by atoms with E-state index in [0.717, 1.165) is 16.5 Å². The first-order valence-electron chi connectivity index (χ1n) is 8.77. The number of amides is 2. The summed E-state index contributed by atoms with van der Waals surface area (Å²) < 4.78 is 0. The summed E-state index contributed by atoms with van der Waals surface area (Å²) >= 11 is 6.18. The van der Waals surface area contributed by atoms with Crippen LogP contribution in [-0.4, -0.2) is 34.3 Å². The highest BCUT2D eigenvalue weighted by Gasteiger charge is 2.31. The molecule has 1 N–H and O–H groups in total. The standard InChI is InChI=1S/C21H18ClN3O2/c22-18-7-3-1-6-15(18)12-25-13-17(10-20(25)26)24-21(27)16-9-14-5-2-4-8-19(14)23-11-16/h1-9,11,17H,10,12-13H2,(H,24,27). The number of benzene rings is 2. The van der Waals surface area contributed by atoms with Gasteiger partial charge in [0.15, 0.2) is 0 Å². The van der Waals surface area contributed by atoms with E-state index in [2.05, 4.69) is 10.3 Å². The first kappa shape index (κ1) is 17.5. The van der Waals surface area contributed by atoms with Gasteiger partial charge >= 0.3 is 0 Å². The lowest BCUT2D eigenvalue weighted by atomic mass is 10.1. The minimum absolute atomic E-state index is 0.0110. The maximum absolute atomic E-state index is 12.6. The largest absolute Gasteiger partial charge is 0.347 e. The quantitative estimate of drug-likeness (QED) is 0.755. The first-order valence-corrected chi connectivity index (χ1v) is 9.15. The van der Waals surface area contributed by atoms with Crippen molar-refractivity contribution in [1.29, 1.82) is 0 Å². The Labute approximate surface area is 162 Å². The Kier molecular flexibility index (Phi) is 4.77. The van der Waals surface area contributed by atoms with Gasteiger partial charge < -0.3 is 10.2 Å². The molecule has 0 saturated carbocycles. The van der Waals surface area contributed by atoms with Crippen molar-refractivity contribution in [2.75, 3.05) is 6.54 Å². The number of nitrogens with one attached hydrogen (secondary N) is 1. The topological polar surface area (TPSA) is 62.3 Å². The molecule has 2 aromatic carbocycles. The number of pyridine rings is 1. The lowest BCUT2D eigenvalue weighted by Crippen LogP contribution is -2.37. The molecule has 1 fully saturated rings. The summed E-state index contributed by atoms with van der Waals surface area (Å²) in [6.07, 6.45) is 1.85. The minimum Gasteiger partial charge on any atom is -0.347 e. The third-order valence-electron chi connectivity index (χ3n) is 4.72. The van der Waals surface area contributed by atoms with Gasteiger partial charge in [-0.25, -0.2) is 0 Å². The molecule has 1 saturated heterocycles. The van der Waals surface area contributed by atoms with Crippen molar-refractivity contribution < 1.29 is 9.59 Å². The van der Waals surface area contributed by atoms with E-state index in [-0.39, 0.29) is 24.3 Å². The molecule has 0 spiro atoms. The number of rotatable bonds is 4. The van der Waals surface area contributed by atoms with Crippen molar-refractivity contribution in [3.8, 4) is 0 Å². The summed E-state index contributed by atoms with van der Waals surface area (Å²) in [6.45, 7) is 0.916. The van der Waals surface area contributed by atoms with E-state index in [9.17, 15) is 9.59 Å². The summed E-state index contributed by atoms with van der Waals surface area (Å²) in [7, 11) is 0. The lowest BCUT2D eigenvalue weighted by Gasteiger charge is -2.18. The summed E-state index contributed by atoms with van der Waals surface area (Å²) in [5.74, 6) is -0.206. The predicted molar refractivity (Wildman–Crippen MR) is 104 cm³/mol. The Hall–Kier alpha value is -2.92. The van der Waals surface area contributed by atoms with Crippen LogP contribution in [0.15, 0.2) is 60.8 Å². The third-order valence-corrected chi connectivity index (χ3v) is 5.09. The van der Waals surface area contributed by atoms with Crippen molar-refractivity contribution in [2.24, 2.45) is 0 Å². The van der Waals surface area contributed by atoms with Crippen LogP contribution >= 0.6 is 11.6 Å². The van der Waals surface area contributed by atoms with Crippen LogP contribution in [0.1, 0.15) is 22.3 Å². The molecule has 5 nitrogen and oxygen atoms in total. The smallest absolute Gasteiger partial charge is 0.253 e. The molecule has 2 heterocycles. The molecule has 3 aromatic rings. The first-order chi connectivity index (χ1) is 13.1. The number of nitrogens with zero attached hydrogens (tertiary/aromatic N) is 2. The van der Waals surface area contributed by atoms with Crippen LogP contribution < -0.4 is 5.32 Å². The number of hydrogen-bond donors (Lipinski definition) is 1. The van der Waals surface area contributed by atoms with Gasteiger partial charge in [-0.3, -0.25) is 14.6 Å². The van der Waals surface area contributed by atoms with Gasteiger partial charge in [0.1, 0.15) is 0 Å². The highest BCUT2D eigenvalue weighted by molar-refractivity contribution is 6.31. The molecule has 0 radical (unpaired) electrons. The van der Waals surface area contributed by atoms with E-state index in [1.807, 2.05) is 54.6 Å². The molecule has 1 aliphatic rings. The second-order valence-corrected chi connectivity index (χ2v) is 7.06. The SMILES string of the molecule is O=C(NC1CC(=O)N(Cc2ccccc2Cl)C1)c1cnc2ccccc2c1. The van der Waals surface area contributed by atoms with E-state index >= 15 is 0 Å². The van der Waals surface area contributed by atoms with Crippen LogP contribution in [0.3, 0.4) is 0 Å². The molecule has 27 heavy (non-hydrogen) atoms. The van der Waals surface area contributed by atoms with E-state index in [0.29, 0.717) is 23.7 Å². The van der Waals surface area contributed by atoms with E-state index in [4.69, 9.17) is 11.6 Å². The van der Waals surface area contributed by atoms with E-state index in [1.54, 1.807) is 11.1 Å². The second-order valence-electron chi connectivity index (χ2n) is 6.66. The van der Waals surface area contributed by atoms with Gasteiger partial charge in [-0.2, -0.15) is 0 Å². The van der Waals surface area contributed by atoms with Gasteiger partial charge in [-0.15, -0.1) is 0 Å². The average molecular weight is 380 g/mol. The van der Waals surface area contributed by atoms with Crippen LogP contribution in [0.25, 0.3) is 10.9 Å². The molecule has 136 valence electrons. The molecule has 1 atom stereocenters. The number of halogens is 1. The van der Waals surface area contributed by atoms with E-state index < -0.39 is 0 Å². The molecular formula is C21H18ClN3O2. The van der Waals surface area contributed by atoms with Crippen molar-refractivity contribution in [3.63, 3.8) is 0 Å². The molecule has 1 unspecified atom stereocenters. The summed E-state index contributed by atoms with van der Waals surface area (Å²) in [5, 5.41) is 4.50. The Morgan fingerprint density at radius 2 is 1.96 bits per heavy atom. The van der Waals surface area contributed by atoms with Crippen LogP contribution in [0, 0.1) is 0 Å². The van der Waals surface area contributed by atoms with Gasteiger partial charge in [0.25, 0.3) is 5.91 Å². The number of aromatic nitrogens is 1. The van der Waals surface area contributed by atoms with Gasteiger partial charge in [0, 0.05) is 36.1 Å². The number of carbonyl (C=O) groups is 2. The van der Waals surface area contributed by atoms with Crippen molar-refractivity contribution in [3.05, 3.63) is 76.9 Å². The fourth-order valence-electron chi connectivity index (χ4n) is 3.32. The van der Waals surface area contributed by atoms with Crippen molar-refractivity contribution in [1.82, 2.24) is 15.2 Å². The van der Waals surface area contributed by atoms with Crippen LogP contribution in [-0.2, 0) is 11.3 Å². The summed E-state index contributed by atoms with van der Waals surface area (Å²) in [5.41, 5.74) is 2.24. The van der Waals surface area contributed by atoms with Crippen LogP contribution in [0.4, 0.5) is 0 Å². The zero-order chi connectivity index (χ0) is 18.8. The maximum Gasteiger partial charge on any atom is 0.253 e. The molecule has 0 aliphatic carbocycles. The van der Waals surface area contributed by atoms with Gasteiger partial charge in [0.2, 0.25) is 5.91 Å². The molecule has 1 aromatic heterocycles. The third kappa shape index (κ3) is 3.78. The van der Waals surface area contributed by atoms with Gasteiger partial charge in [-0.1, -0.05) is 48.0 Å². The van der Waals surface area contributed by atoms with Crippen LogP contribution in [0.5, 0.6) is 0 Å². The maximum atomic E-state index is 12.6. The average Bonchev–Trinajstić information content (AvgIpc) is 3.02. The number of fused-ring (bicyclic) bond motifs is 1.